The number of cyclic esters (lactones) is 2. The average molecular weight is 260 g/mol. The summed E-state index contributed by atoms with van der Waals surface area (Å²) in [5.74, 6) is -1.61. The van der Waals surface area contributed by atoms with Crippen LogP contribution in [0, 0.1) is 0 Å². The number of hydrogen-bond acceptors (Lipinski definition) is 6. The summed E-state index contributed by atoms with van der Waals surface area (Å²) in [4.78, 5) is 22.3. The average Bonchev–Trinajstić information content (AvgIpc) is 2.64. The van der Waals surface area contributed by atoms with Gasteiger partial charge in [-0.2, -0.15) is 0 Å². The van der Waals surface area contributed by atoms with E-state index in [0.29, 0.717) is 0 Å². The molecule has 0 aromatic rings. The third-order valence-corrected chi connectivity index (χ3v) is 4.15. The first-order valence-corrected chi connectivity index (χ1v) is 6.50. The Hall–Kier alpha value is -1.23. The van der Waals surface area contributed by atoms with Crippen LogP contribution in [0.1, 0.15) is 6.42 Å². The van der Waals surface area contributed by atoms with E-state index in [9.17, 15) is 14.2 Å². The van der Waals surface area contributed by atoms with Crippen molar-refractivity contribution < 1.29 is 27.9 Å². The lowest BCUT2D eigenvalue weighted by Gasteiger charge is -2.19. The minimum Gasteiger partial charge on any atom is -0.392 e. The lowest BCUT2D eigenvalue weighted by atomic mass is 10.4. The van der Waals surface area contributed by atoms with Crippen LogP contribution in [0.5, 0.6) is 0 Å². The van der Waals surface area contributed by atoms with Crippen molar-refractivity contribution in [2.75, 3.05) is 13.2 Å². The standard InChI is InChI=1S/C10H13O6P/c1-3-5-14-17(13,15-6-4-2)8-7-9(11)16-10(8)12/h3-4,8H,1-2,5-7H2. The molecule has 0 aliphatic carbocycles. The molecule has 0 bridgehead atoms. The topological polar surface area (TPSA) is 78.9 Å². The third kappa shape index (κ3) is 3.36. The molecule has 6 nitrogen and oxygen atoms in total. The highest BCUT2D eigenvalue weighted by Gasteiger charge is 2.49. The number of rotatable bonds is 7. The molecule has 1 rings (SSSR count). The summed E-state index contributed by atoms with van der Waals surface area (Å²) in [7, 11) is -3.73. The highest BCUT2D eigenvalue weighted by molar-refractivity contribution is 7.55. The molecule has 0 spiro atoms. The Labute approximate surface area is 98.8 Å². The molecule has 0 N–H and O–H groups in total. The fourth-order valence-electron chi connectivity index (χ4n) is 1.23. The molecule has 1 aliphatic rings. The first-order valence-electron chi connectivity index (χ1n) is 4.88. The summed E-state index contributed by atoms with van der Waals surface area (Å²) in [6.07, 6.45) is 2.43. The van der Waals surface area contributed by atoms with Crippen molar-refractivity contribution >= 4 is 19.5 Å². The zero-order valence-electron chi connectivity index (χ0n) is 9.16. The van der Waals surface area contributed by atoms with Gasteiger partial charge in [-0.05, 0) is 0 Å². The van der Waals surface area contributed by atoms with E-state index in [2.05, 4.69) is 17.9 Å². The van der Waals surface area contributed by atoms with Crippen LogP contribution in [0.15, 0.2) is 25.3 Å². The van der Waals surface area contributed by atoms with E-state index in [1.807, 2.05) is 0 Å². The van der Waals surface area contributed by atoms with Crippen LogP contribution in [0.2, 0.25) is 0 Å². The second-order valence-electron chi connectivity index (χ2n) is 3.22. The SMILES string of the molecule is C=CCOP(=O)(OCC=C)C1CC(=O)OC1=O. The van der Waals surface area contributed by atoms with Gasteiger partial charge in [0.05, 0.1) is 19.6 Å². The van der Waals surface area contributed by atoms with Crippen LogP contribution in [-0.2, 0) is 27.9 Å². The summed E-state index contributed by atoms with van der Waals surface area (Å²) in [5, 5.41) is 0. The maximum atomic E-state index is 12.3. The second kappa shape index (κ2) is 5.91. The molecule has 7 heteroatoms. The molecule has 1 aliphatic heterocycles. The lowest BCUT2D eigenvalue weighted by molar-refractivity contribution is -0.151. The van der Waals surface area contributed by atoms with Gasteiger partial charge >= 0.3 is 19.5 Å². The molecule has 0 aromatic carbocycles. The number of carbonyl (C=O) groups is 2. The fraction of sp³-hybridized carbons (Fsp3) is 0.400. The molecule has 17 heavy (non-hydrogen) atoms. The monoisotopic (exact) mass is 260 g/mol. The molecule has 0 saturated carbocycles. The molecule has 0 amide bonds. The van der Waals surface area contributed by atoms with Crippen molar-refractivity contribution in [3.8, 4) is 0 Å². The quantitative estimate of drug-likeness (QED) is 0.298. The predicted octanol–water partition coefficient (Wildman–Crippen LogP) is 1.43. The molecule has 1 saturated heterocycles. The minimum absolute atomic E-state index is 0.0492. The summed E-state index contributed by atoms with van der Waals surface area (Å²) < 4.78 is 26.6. The first kappa shape index (κ1) is 13.8. The van der Waals surface area contributed by atoms with Gasteiger partial charge < -0.3 is 13.8 Å². The van der Waals surface area contributed by atoms with Gasteiger partial charge in [0.25, 0.3) is 0 Å². The zero-order chi connectivity index (χ0) is 12.9. The number of hydrogen-bond donors (Lipinski definition) is 0. The summed E-state index contributed by atoms with van der Waals surface area (Å²) >= 11 is 0. The molecule has 1 heterocycles. The van der Waals surface area contributed by atoms with Crippen LogP contribution in [-0.4, -0.2) is 30.8 Å². The summed E-state index contributed by atoms with van der Waals surface area (Å²) in [5.41, 5.74) is -1.20. The van der Waals surface area contributed by atoms with Crippen molar-refractivity contribution in [2.45, 2.75) is 12.1 Å². The molecule has 1 atom stereocenters. The Kier molecular flexibility index (Phi) is 4.81. The van der Waals surface area contributed by atoms with Gasteiger partial charge in [-0.1, -0.05) is 12.2 Å². The predicted molar refractivity (Wildman–Crippen MR) is 59.4 cm³/mol. The summed E-state index contributed by atoms with van der Waals surface area (Å²) in [6.45, 7) is 6.70. The van der Waals surface area contributed by atoms with Crippen molar-refractivity contribution in [1.29, 1.82) is 0 Å². The summed E-state index contributed by atoms with van der Waals surface area (Å²) in [6, 6.07) is 0. The minimum atomic E-state index is -3.73. The van der Waals surface area contributed by atoms with Crippen molar-refractivity contribution in [3.63, 3.8) is 0 Å². The molecule has 1 unspecified atom stereocenters. The Morgan fingerprint density at radius 1 is 1.29 bits per heavy atom. The maximum Gasteiger partial charge on any atom is 0.346 e. The number of esters is 2. The van der Waals surface area contributed by atoms with Crippen molar-refractivity contribution in [1.82, 2.24) is 0 Å². The van der Waals surface area contributed by atoms with E-state index in [-0.39, 0.29) is 19.6 Å². The largest absolute Gasteiger partial charge is 0.392 e. The van der Waals surface area contributed by atoms with Crippen molar-refractivity contribution in [3.05, 3.63) is 25.3 Å². The normalized spacial score (nSPS) is 20.1. The molecule has 94 valence electrons. The van der Waals surface area contributed by atoms with E-state index in [1.54, 1.807) is 0 Å². The zero-order valence-corrected chi connectivity index (χ0v) is 10.1. The first-order chi connectivity index (χ1) is 8.03. The Bertz CT molecular complexity index is 372. The highest BCUT2D eigenvalue weighted by atomic mass is 31.2. The highest BCUT2D eigenvalue weighted by Crippen LogP contribution is 2.56. The Balaban J connectivity index is 2.84. The van der Waals surface area contributed by atoms with E-state index < -0.39 is 25.2 Å². The number of carbonyl (C=O) groups excluding carboxylic acids is 2. The van der Waals surface area contributed by atoms with E-state index in [1.165, 1.54) is 12.2 Å². The van der Waals surface area contributed by atoms with Crippen LogP contribution in [0.25, 0.3) is 0 Å². The van der Waals surface area contributed by atoms with Gasteiger partial charge in [-0.3, -0.25) is 14.2 Å². The van der Waals surface area contributed by atoms with E-state index in [4.69, 9.17) is 9.05 Å². The molecular weight excluding hydrogens is 247 g/mol. The van der Waals surface area contributed by atoms with Gasteiger partial charge in [0.1, 0.15) is 0 Å². The van der Waals surface area contributed by atoms with Crippen LogP contribution < -0.4 is 0 Å². The van der Waals surface area contributed by atoms with Crippen LogP contribution in [0.3, 0.4) is 0 Å². The van der Waals surface area contributed by atoms with Gasteiger partial charge in [-0.25, -0.2) is 0 Å². The van der Waals surface area contributed by atoms with Gasteiger partial charge in [0.2, 0.25) is 0 Å². The van der Waals surface area contributed by atoms with Crippen molar-refractivity contribution in [2.24, 2.45) is 0 Å². The molecule has 1 fully saturated rings. The van der Waals surface area contributed by atoms with E-state index >= 15 is 0 Å². The van der Waals surface area contributed by atoms with Gasteiger partial charge in [0, 0.05) is 0 Å². The van der Waals surface area contributed by atoms with Gasteiger partial charge in [0.15, 0.2) is 5.66 Å². The van der Waals surface area contributed by atoms with Gasteiger partial charge in [-0.15, -0.1) is 13.2 Å². The molecule has 0 radical (unpaired) electrons. The van der Waals surface area contributed by atoms with Crippen LogP contribution in [0.4, 0.5) is 0 Å². The molecular formula is C10H13O6P. The smallest absolute Gasteiger partial charge is 0.346 e. The molecule has 0 aromatic heterocycles. The van der Waals surface area contributed by atoms with E-state index in [0.717, 1.165) is 0 Å². The maximum absolute atomic E-state index is 12.3. The van der Waals surface area contributed by atoms with Crippen LogP contribution >= 0.6 is 7.60 Å². The number of ether oxygens (including phenoxy) is 1. The lowest BCUT2D eigenvalue weighted by Crippen LogP contribution is -2.18. The Morgan fingerprint density at radius 2 is 1.82 bits per heavy atom. The Morgan fingerprint density at radius 3 is 2.18 bits per heavy atom. The third-order valence-electron chi connectivity index (χ3n) is 1.97. The fourth-order valence-corrected chi connectivity index (χ4v) is 2.98. The second-order valence-corrected chi connectivity index (χ2v) is 5.44.